The summed E-state index contributed by atoms with van der Waals surface area (Å²) in [6, 6.07) is 9.32. The van der Waals surface area contributed by atoms with Crippen LogP contribution in [-0.4, -0.2) is 28.3 Å². The quantitative estimate of drug-likeness (QED) is 0.764. The standard InChI is InChI=1S/C20H22ClN3O3/c21-15-7-5-14(6-8-15)20(10-11-20)19(26)27-13-18(25)23-17-9-12-22-24(17)16-3-1-2-4-16/h5-9,12,16H,1-4,10-11,13H2,(H,23,25). The van der Waals surface area contributed by atoms with Crippen molar-refractivity contribution in [1.29, 1.82) is 0 Å². The first-order chi connectivity index (χ1) is 13.1. The average molecular weight is 388 g/mol. The van der Waals surface area contributed by atoms with Crippen molar-refractivity contribution < 1.29 is 14.3 Å². The molecule has 1 amide bonds. The lowest BCUT2D eigenvalue weighted by Crippen LogP contribution is -2.28. The minimum Gasteiger partial charge on any atom is -0.455 e. The van der Waals surface area contributed by atoms with Gasteiger partial charge in [0.2, 0.25) is 0 Å². The minimum atomic E-state index is -0.628. The molecule has 1 aromatic heterocycles. The molecular weight excluding hydrogens is 366 g/mol. The maximum absolute atomic E-state index is 12.5. The molecule has 2 aromatic rings. The molecule has 0 atom stereocenters. The predicted octanol–water partition coefficient (Wildman–Crippen LogP) is 3.87. The fourth-order valence-electron chi connectivity index (χ4n) is 3.81. The molecule has 0 bridgehead atoms. The summed E-state index contributed by atoms with van der Waals surface area (Å²) in [4.78, 5) is 24.8. The van der Waals surface area contributed by atoms with E-state index in [1.54, 1.807) is 24.4 Å². The Kier molecular flexibility index (Phi) is 4.91. The van der Waals surface area contributed by atoms with Gasteiger partial charge in [-0.1, -0.05) is 36.6 Å². The van der Waals surface area contributed by atoms with Crippen LogP contribution in [0.2, 0.25) is 5.02 Å². The van der Waals surface area contributed by atoms with Crippen LogP contribution < -0.4 is 5.32 Å². The molecule has 0 saturated heterocycles. The number of esters is 1. The first-order valence-electron chi connectivity index (χ1n) is 9.35. The van der Waals surface area contributed by atoms with E-state index in [0.29, 0.717) is 16.9 Å². The van der Waals surface area contributed by atoms with E-state index in [9.17, 15) is 9.59 Å². The highest BCUT2D eigenvalue weighted by atomic mass is 35.5. The van der Waals surface area contributed by atoms with Gasteiger partial charge in [0.25, 0.3) is 5.91 Å². The summed E-state index contributed by atoms with van der Waals surface area (Å²) in [5, 5.41) is 7.76. The van der Waals surface area contributed by atoms with E-state index in [-0.39, 0.29) is 18.5 Å². The van der Waals surface area contributed by atoms with E-state index in [4.69, 9.17) is 16.3 Å². The van der Waals surface area contributed by atoms with Gasteiger partial charge in [-0.25, -0.2) is 4.68 Å². The van der Waals surface area contributed by atoms with Gasteiger partial charge in [-0.05, 0) is 43.4 Å². The molecule has 2 aliphatic rings. The van der Waals surface area contributed by atoms with Crippen LogP contribution in [0.25, 0.3) is 0 Å². The summed E-state index contributed by atoms with van der Waals surface area (Å²) in [5.41, 5.74) is 0.257. The third-order valence-corrected chi connectivity index (χ3v) is 5.73. The van der Waals surface area contributed by atoms with Gasteiger partial charge >= 0.3 is 5.97 Å². The molecule has 6 nitrogen and oxygen atoms in total. The smallest absolute Gasteiger partial charge is 0.317 e. The normalized spacial score (nSPS) is 18.3. The number of nitrogens with zero attached hydrogens (tertiary/aromatic N) is 2. The number of ether oxygens (including phenoxy) is 1. The van der Waals surface area contributed by atoms with Crippen LogP contribution in [0.15, 0.2) is 36.5 Å². The summed E-state index contributed by atoms with van der Waals surface area (Å²) in [6.07, 6.45) is 7.64. The molecule has 1 aromatic carbocycles. The van der Waals surface area contributed by atoms with Gasteiger partial charge in [0.15, 0.2) is 6.61 Å². The van der Waals surface area contributed by atoms with Crippen molar-refractivity contribution in [3.05, 3.63) is 47.1 Å². The lowest BCUT2D eigenvalue weighted by molar-refractivity contribution is -0.150. The highest BCUT2D eigenvalue weighted by Gasteiger charge is 2.52. The lowest BCUT2D eigenvalue weighted by atomic mass is 9.96. The molecule has 0 aliphatic heterocycles. The van der Waals surface area contributed by atoms with Crippen molar-refractivity contribution >= 4 is 29.3 Å². The Labute approximate surface area is 162 Å². The SMILES string of the molecule is O=C(COC(=O)C1(c2ccc(Cl)cc2)CC1)Nc1ccnn1C1CCCC1. The fraction of sp³-hybridized carbons (Fsp3) is 0.450. The molecule has 0 spiro atoms. The number of hydrogen-bond acceptors (Lipinski definition) is 4. The highest BCUT2D eigenvalue weighted by Crippen LogP contribution is 2.49. The van der Waals surface area contributed by atoms with Gasteiger partial charge in [0.05, 0.1) is 17.7 Å². The Hall–Kier alpha value is -2.34. The molecule has 1 N–H and O–H groups in total. The number of hydrogen-bond donors (Lipinski definition) is 1. The van der Waals surface area contributed by atoms with E-state index in [2.05, 4.69) is 10.4 Å². The first kappa shape index (κ1) is 18.0. The molecule has 27 heavy (non-hydrogen) atoms. The molecule has 4 rings (SSSR count). The Morgan fingerprint density at radius 1 is 1.19 bits per heavy atom. The zero-order valence-electron chi connectivity index (χ0n) is 15.0. The van der Waals surface area contributed by atoms with Gasteiger partial charge in [-0.3, -0.25) is 9.59 Å². The van der Waals surface area contributed by atoms with Crippen molar-refractivity contribution in [2.24, 2.45) is 0 Å². The molecular formula is C20H22ClN3O3. The van der Waals surface area contributed by atoms with Crippen molar-refractivity contribution in [2.75, 3.05) is 11.9 Å². The summed E-state index contributed by atoms with van der Waals surface area (Å²) in [5.74, 6) is -0.0546. The van der Waals surface area contributed by atoms with Crippen molar-refractivity contribution in [2.45, 2.75) is 50.0 Å². The summed E-state index contributed by atoms with van der Waals surface area (Å²) in [6.45, 7) is -0.302. The summed E-state index contributed by atoms with van der Waals surface area (Å²) >= 11 is 5.92. The van der Waals surface area contributed by atoms with Crippen LogP contribution in [0.3, 0.4) is 0 Å². The summed E-state index contributed by atoms with van der Waals surface area (Å²) < 4.78 is 7.18. The number of nitrogens with one attached hydrogen (secondary N) is 1. The van der Waals surface area contributed by atoms with E-state index < -0.39 is 5.41 Å². The van der Waals surface area contributed by atoms with Crippen LogP contribution in [0.5, 0.6) is 0 Å². The number of carbonyl (C=O) groups excluding carboxylic acids is 2. The van der Waals surface area contributed by atoms with Crippen LogP contribution in [0.1, 0.15) is 50.1 Å². The number of benzene rings is 1. The molecule has 2 aliphatic carbocycles. The largest absolute Gasteiger partial charge is 0.455 e. The average Bonchev–Trinajstić information content (AvgIpc) is 3.07. The van der Waals surface area contributed by atoms with E-state index >= 15 is 0 Å². The highest BCUT2D eigenvalue weighted by molar-refractivity contribution is 6.30. The molecule has 142 valence electrons. The number of carbonyl (C=O) groups is 2. The second-order valence-electron chi connectivity index (χ2n) is 7.31. The zero-order chi connectivity index (χ0) is 18.9. The number of anilines is 1. The Bertz CT molecular complexity index is 836. The van der Waals surface area contributed by atoms with Crippen molar-refractivity contribution in [3.63, 3.8) is 0 Å². The third kappa shape index (κ3) is 3.72. The Morgan fingerprint density at radius 2 is 1.89 bits per heavy atom. The third-order valence-electron chi connectivity index (χ3n) is 5.48. The molecule has 0 unspecified atom stereocenters. The Morgan fingerprint density at radius 3 is 2.56 bits per heavy atom. The maximum atomic E-state index is 12.5. The second kappa shape index (κ2) is 7.35. The number of rotatable bonds is 6. The van der Waals surface area contributed by atoms with E-state index in [1.165, 1.54) is 12.8 Å². The van der Waals surface area contributed by atoms with Gasteiger partial charge in [0, 0.05) is 11.1 Å². The lowest BCUT2D eigenvalue weighted by Gasteiger charge is -2.16. The summed E-state index contributed by atoms with van der Waals surface area (Å²) in [7, 11) is 0. The molecule has 7 heteroatoms. The zero-order valence-corrected chi connectivity index (χ0v) is 15.7. The topological polar surface area (TPSA) is 73.2 Å². The number of aromatic nitrogens is 2. The molecule has 2 fully saturated rings. The van der Waals surface area contributed by atoms with Crippen molar-refractivity contribution in [1.82, 2.24) is 9.78 Å². The second-order valence-corrected chi connectivity index (χ2v) is 7.75. The molecule has 0 radical (unpaired) electrons. The van der Waals surface area contributed by atoms with Crippen LogP contribution >= 0.6 is 11.6 Å². The van der Waals surface area contributed by atoms with Gasteiger partial charge < -0.3 is 10.1 Å². The van der Waals surface area contributed by atoms with Gasteiger partial charge in [-0.2, -0.15) is 5.10 Å². The number of amides is 1. The van der Waals surface area contributed by atoms with Gasteiger partial charge in [0.1, 0.15) is 5.82 Å². The number of halogens is 1. The molecule has 1 heterocycles. The van der Waals surface area contributed by atoms with E-state index in [0.717, 1.165) is 31.2 Å². The monoisotopic (exact) mass is 387 g/mol. The van der Waals surface area contributed by atoms with Crippen LogP contribution in [-0.2, 0) is 19.7 Å². The first-order valence-corrected chi connectivity index (χ1v) is 9.73. The molecule has 2 saturated carbocycles. The maximum Gasteiger partial charge on any atom is 0.317 e. The fourth-order valence-corrected chi connectivity index (χ4v) is 3.93. The van der Waals surface area contributed by atoms with Crippen LogP contribution in [0.4, 0.5) is 5.82 Å². The van der Waals surface area contributed by atoms with E-state index in [1.807, 2.05) is 16.8 Å². The van der Waals surface area contributed by atoms with Gasteiger partial charge in [-0.15, -0.1) is 0 Å². The predicted molar refractivity (Wildman–Crippen MR) is 102 cm³/mol. The van der Waals surface area contributed by atoms with Crippen LogP contribution in [0, 0.1) is 0 Å². The Balaban J connectivity index is 1.34. The minimum absolute atomic E-state index is 0.302. The van der Waals surface area contributed by atoms with Crippen molar-refractivity contribution in [3.8, 4) is 0 Å².